The van der Waals surface area contributed by atoms with Crippen molar-refractivity contribution >= 4 is 50.1 Å². The van der Waals surface area contributed by atoms with Gasteiger partial charge in [-0.25, -0.2) is 13.2 Å². The number of halogens is 1. The molecule has 0 spiro atoms. The smallest absolute Gasteiger partial charge is 0.411 e. The second-order valence-corrected chi connectivity index (χ2v) is 8.75. The number of carbonyl (C=O) groups excluding carboxylic acids is 1. The van der Waals surface area contributed by atoms with Gasteiger partial charge < -0.3 is 4.74 Å². The summed E-state index contributed by atoms with van der Waals surface area (Å²) in [6.07, 6.45) is -0.614. The van der Waals surface area contributed by atoms with E-state index >= 15 is 0 Å². The number of benzene rings is 3. The van der Waals surface area contributed by atoms with Crippen LogP contribution in [0.3, 0.4) is 0 Å². The van der Waals surface area contributed by atoms with Crippen molar-refractivity contribution in [1.29, 1.82) is 0 Å². The fourth-order valence-electron chi connectivity index (χ4n) is 2.33. The fourth-order valence-corrected chi connectivity index (χ4v) is 3.74. The third-order valence-corrected chi connectivity index (χ3v) is 5.84. The van der Waals surface area contributed by atoms with Gasteiger partial charge in [0.05, 0.1) is 4.90 Å². The molecule has 3 aromatic carbocycles. The Morgan fingerprint density at radius 1 is 0.857 bits per heavy atom. The normalized spacial score (nSPS) is 10.9. The van der Waals surface area contributed by atoms with Gasteiger partial charge in [-0.15, -0.1) is 0 Å². The molecule has 0 atom stereocenters. The number of amides is 1. The van der Waals surface area contributed by atoms with E-state index in [9.17, 15) is 13.2 Å². The van der Waals surface area contributed by atoms with Crippen molar-refractivity contribution in [3.8, 4) is 0 Å². The molecule has 0 heterocycles. The summed E-state index contributed by atoms with van der Waals surface area (Å²) >= 11 is 2.15. The Bertz CT molecular complexity index is 1040. The zero-order valence-corrected chi connectivity index (χ0v) is 17.6. The zero-order valence-electron chi connectivity index (χ0n) is 14.6. The highest BCUT2D eigenvalue weighted by Gasteiger charge is 2.14. The SMILES string of the molecule is O=C(Nc1ccc(S(=O)(=O)Nc2ccc(I)cc2)cc1)OCc1ccccc1. The predicted octanol–water partition coefficient (Wildman–Crippen LogP) is 4.84. The van der Waals surface area contributed by atoms with Gasteiger partial charge in [-0.05, 0) is 76.7 Å². The first-order valence-electron chi connectivity index (χ1n) is 8.28. The van der Waals surface area contributed by atoms with E-state index in [2.05, 4.69) is 32.6 Å². The molecule has 0 fully saturated rings. The number of anilines is 2. The van der Waals surface area contributed by atoms with Crippen molar-refractivity contribution in [2.75, 3.05) is 10.0 Å². The first-order chi connectivity index (χ1) is 13.4. The van der Waals surface area contributed by atoms with Crippen molar-refractivity contribution in [3.63, 3.8) is 0 Å². The van der Waals surface area contributed by atoms with Crippen LogP contribution in [-0.2, 0) is 21.4 Å². The van der Waals surface area contributed by atoms with Gasteiger partial charge in [0, 0.05) is 14.9 Å². The second kappa shape index (κ2) is 9.07. The van der Waals surface area contributed by atoms with E-state index in [0.29, 0.717) is 11.4 Å². The van der Waals surface area contributed by atoms with Crippen molar-refractivity contribution in [1.82, 2.24) is 0 Å². The standard InChI is InChI=1S/C20H17IN2O4S/c21-16-6-8-18(9-7-16)23-28(25,26)19-12-10-17(11-13-19)22-20(24)27-14-15-4-2-1-3-5-15/h1-13,23H,14H2,(H,22,24). The quantitative estimate of drug-likeness (QED) is 0.467. The maximum Gasteiger partial charge on any atom is 0.411 e. The topological polar surface area (TPSA) is 84.5 Å². The van der Waals surface area contributed by atoms with Crippen LogP contribution in [0.15, 0.2) is 83.8 Å². The molecule has 0 saturated carbocycles. The van der Waals surface area contributed by atoms with Crippen LogP contribution < -0.4 is 10.0 Å². The maximum absolute atomic E-state index is 12.5. The Morgan fingerprint density at radius 2 is 1.46 bits per heavy atom. The molecule has 3 rings (SSSR count). The van der Waals surface area contributed by atoms with E-state index in [0.717, 1.165) is 9.13 Å². The Balaban J connectivity index is 1.59. The Kier molecular flexibility index (Phi) is 6.53. The molecule has 0 aromatic heterocycles. The highest BCUT2D eigenvalue weighted by Crippen LogP contribution is 2.19. The fraction of sp³-hybridized carbons (Fsp3) is 0.0500. The van der Waals surface area contributed by atoms with E-state index in [4.69, 9.17) is 4.74 Å². The molecule has 1 amide bonds. The molecule has 0 aliphatic rings. The molecule has 0 bridgehead atoms. The largest absolute Gasteiger partial charge is 0.444 e. The van der Waals surface area contributed by atoms with Gasteiger partial charge >= 0.3 is 6.09 Å². The van der Waals surface area contributed by atoms with E-state index in [1.807, 2.05) is 42.5 Å². The summed E-state index contributed by atoms with van der Waals surface area (Å²) in [6, 6.07) is 22.2. The molecule has 6 nitrogen and oxygen atoms in total. The highest BCUT2D eigenvalue weighted by molar-refractivity contribution is 14.1. The molecule has 0 saturated heterocycles. The van der Waals surface area contributed by atoms with Crippen molar-refractivity contribution in [2.45, 2.75) is 11.5 Å². The minimum atomic E-state index is -3.71. The summed E-state index contributed by atoms with van der Waals surface area (Å²) in [6.45, 7) is 0.152. The molecule has 3 aromatic rings. The molecule has 28 heavy (non-hydrogen) atoms. The number of carbonyl (C=O) groups is 1. The van der Waals surface area contributed by atoms with Crippen LogP contribution in [0.4, 0.5) is 16.2 Å². The molecule has 144 valence electrons. The highest BCUT2D eigenvalue weighted by atomic mass is 127. The Hall–Kier alpha value is -2.59. The average molecular weight is 508 g/mol. The van der Waals surface area contributed by atoms with Crippen molar-refractivity contribution in [2.24, 2.45) is 0 Å². The van der Waals surface area contributed by atoms with Gasteiger partial charge in [0.2, 0.25) is 0 Å². The van der Waals surface area contributed by atoms with Crippen LogP contribution in [0.2, 0.25) is 0 Å². The molecule has 0 radical (unpaired) electrons. The summed E-state index contributed by atoms with van der Waals surface area (Å²) in [5, 5.41) is 2.57. The van der Waals surface area contributed by atoms with Crippen LogP contribution in [0.1, 0.15) is 5.56 Å². The van der Waals surface area contributed by atoms with E-state index in [1.165, 1.54) is 24.3 Å². The maximum atomic E-state index is 12.5. The minimum Gasteiger partial charge on any atom is -0.444 e. The summed E-state index contributed by atoms with van der Waals surface area (Å²) in [4.78, 5) is 12.0. The van der Waals surface area contributed by atoms with Crippen LogP contribution in [0, 0.1) is 3.57 Å². The van der Waals surface area contributed by atoms with Gasteiger partial charge in [0.25, 0.3) is 10.0 Å². The Labute approximate surface area is 177 Å². The first kappa shape index (κ1) is 20.2. The van der Waals surface area contributed by atoms with Crippen LogP contribution in [-0.4, -0.2) is 14.5 Å². The third kappa shape index (κ3) is 5.70. The number of hydrogen-bond donors (Lipinski definition) is 2. The lowest BCUT2D eigenvalue weighted by molar-refractivity contribution is 0.155. The molecule has 0 unspecified atom stereocenters. The van der Waals surface area contributed by atoms with Gasteiger partial charge in [-0.2, -0.15) is 0 Å². The second-order valence-electron chi connectivity index (χ2n) is 5.82. The molecular formula is C20H17IN2O4S. The molecule has 8 heteroatoms. The van der Waals surface area contributed by atoms with E-state index in [-0.39, 0.29) is 11.5 Å². The first-order valence-corrected chi connectivity index (χ1v) is 10.8. The lowest BCUT2D eigenvalue weighted by atomic mass is 10.2. The van der Waals surface area contributed by atoms with Crippen LogP contribution >= 0.6 is 22.6 Å². The van der Waals surface area contributed by atoms with E-state index < -0.39 is 16.1 Å². The number of nitrogens with one attached hydrogen (secondary N) is 2. The third-order valence-electron chi connectivity index (χ3n) is 3.72. The summed E-state index contributed by atoms with van der Waals surface area (Å²) in [7, 11) is -3.71. The van der Waals surface area contributed by atoms with Gasteiger partial charge in [0.15, 0.2) is 0 Å². The molecule has 0 aliphatic heterocycles. The lowest BCUT2D eigenvalue weighted by Crippen LogP contribution is -2.15. The van der Waals surface area contributed by atoms with Crippen LogP contribution in [0.25, 0.3) is 0 Å². The molecular weight excluding hydrogens is 491 g/mol. The lowest BCUT2D eigenvalue weighted by Gasteiger charge is -2.10. The Morgan fingerprint density at radius 3 is 2.11 bits per heavy atom. The predicted molar refractivity (Wildman–Crippen MR) is 117 cm³/mol. The van der Waals surface area contributed by atoms with Crippen molar-refractivity contribution in [3.05, 3.63) is 88.0 Å². The number of sulfonamides is 1. The molecule has 2 N–H and O–H groups in total. The van der Waals surface area contributed by atoms with Gasteiger partial charge in [0.1, 0.15) is 6.61 Å². The summed E-state index contributed by atoms with van der Waals surface area (Å²) in [5.74, 6) is 0. The summed E-state index contributed by atoms with van der Waals surface area (Å²) < 4.78 is 33.6. The van der Waals surface area contributed by atoms with Gasteiger partial charge in [-0.1, -0.05) is 30.3 Å². The zero-order chi connectivity index (χ0) is 20.0. The summed E-state index contributed by atoms with van der Waals surface area (Å²) in [5.41, 5.74) is 1.79. The number of ether oxygens (including phenoxy) is 1. The molecule has 0 aliphatic carbocycles. The number of rotatable bonds is 6. The monoisotopic (exact) mass is 508 g/mol. The van der Waals surface area contributed by atoms with E-state index in [1.54, 1.807) is 12.1 Å². The van der Waals surface area contributed by atoms with Crippen molar-refractivity contribution < 1.29 is 17.9 Å². The number of hydrogen-bond acceptors (Lipinski definition) is 4. The average Bonchev–Trinajstić information content (AvgIpc) is 2.69. The van der Waals surface area contributed by atoms with Gasteiger partial charge in [-0.3, -0.25) is 10.0 Å². The van der Waals surface area contributed by atoms with Crippen LogP contribution in [0.5, 0.6) is 0 Å². The minimum absolute atomic E-state index is 0.0919.